The zero-order chi connectivity index (χ0) is 28.4. The third kappa shape index (κ3) is 8.35. The molecule has 1 saturated heterocycles. The largest absolute Gasteiger partial charge is 0.392 e. The molecule has 3 atom stereocenters. The molecular formula is C35H38N2O4. The van der Waals surface area contributed by atoms with Gasteiger partial charge in [0.15, 0.2) is 6.29 Å². The minimum atomic E-state index is -0.526. The van der Waals surface area contributed by atoms with Crippen LogP contribution in [-0.4, -0.2) is 28.6 Å². The van der Waals surface area contributed by atoms with Crippen molar-refractivity contribution in [2.45, 2.75) is 58.1 Å². The molecule has 0 radical (unpaired) electrons. The van der Waals surface area contributed by atoms with Crippen LogP contribution in [0.2, 0.25) is 0 Å². The van der Waals surface area contributed by atoms with E-state index in [1.807, 2.05) is 60.7 Å². The first-order valence-corrected chi connectivity index (χ1v) is 14.2. The zero-order valence-corrected chi connectivity index (χ0v) is 23.5. The Morgan fingerprint density at radius 2 is 1.32 bits per heavy atom. The molecule has 212 valence electrons. The van der Waals surface area contributed by atoms with Gasteiger partial charge in [-0.3, -0.25) is 9.69 Å². The molecule has 6 heteroatoms. The number of aliphatic hydroxyl groups excluding tert-OH is 1. The molecule has 1 aliphatic rings. The van der Waals surface area contributed by atoms with Crippen LogP contribution in [-0.2, 0) is 40.5 Å². The standard InChI is InChI=1S/C35H38N2O4/c1-26(39)36-21-27-12-18-32(19-13-27)35-40-33(20-34(41-35)31-16-14-30(25-38)15-17-31)24-37(22-28-8-4-2-5-9-28)23-29-10-6-3-7-11-29/h2-19,33-35,38H,20-25H2,1H3,(H,36,39). The van der Waals surface area contributed by atoms with Gasteiger partial charge in [0.25, 0.3) is 0 Å². The minimum absolute atomic E-state index is 0.0128. The van der Waals surface area contributed by atoms with E-state index in [1.54, 1.807) is 0 Å². The van der Waals surface area contributed by atoms with Crippen LogP contribution in [0.3, 0.4) is 0 Å². The van der Waals surface area contributed by atoms with Crippen molar-refractivity contribution in [3.63, 3.8) is 0 Å². The van der Waals surface area contributed by atoms with Gasteiger partial charge >= 0.3 is 0 Å². The smallest absolute Gasteiger partial charge is 0.217 e. The van der Waals surface area contributed by atoms with E-state index in [4.69, 9.17) is 9.47 Å². The van der Waals surface area contributed by atoms with Crippen LogP contribution in [0.1, 0.15) is 59.1 Å². The summed E-state index contributed by atoms with van der Waals surface area (Å²) in [6.07, 6.45) is -0.0275. The van der Waals surface area contributed by atoms with E-state index in [1.165, 1.54) is 18.1 Å². The summed E-state index contributed by atoms with van der Waals surface area (Å²) >= 11 is 0. The molecule has 1 amide bonds. The third-order valence-corrected chi connectivity index (χ3v) is 7.37. The maximum absolute atomic E-state index is 11.3. The van der Waals surface area contributed by atoms with Crippen molar-refractivity contribution >= 4 is 5.91 Å². The minimum Gasteiger partial charge on any atom is -0.392 e. The Hall–Kier alpha value is -3.81. The van der Waals surface area contributed by atoms with Crippen molar-refractivity contribution in [2.24, 2.45) is 0 Å². The molecule has 0 spiro atoms. The van der Waals surface area contributed by atoms with E-state index in [9.17, 15) is 9.90 Å². The summed E-state index contributed by atoms with van der Waals surface area (Å²) in [6, 6.07) is 37.1. The molecule has 1 aliphatic heterocycles. The van der Waals surface area contributed by atoms with Crippen molar-refractivity contribution in [1.82, 2.24) is 10.2 Å². The van der Waals surface area contributed by atoms with E-state index in [-0.39, 0.29) is 24.7 Å². The Morgan fingerprint density at radius 1 is 0.756 bits per heavy atom. The predicted molar refractivity (Wildman–Crippen MR) is 159 cm³/mol. The highest BCUT2D eigenvalue weighted by molar-refractivity contribution is 5.72. The van der Waals surface area contributed by atoms with Crippen LogP contribution >= 0.6 is 0 Å². The quantitative estimate of drug-likeness (QED) is 0.238. The van der Waals surface area contributed by atoms with Crippen molar-refractivity contribution in [3.05, 3.63) is 143 Å². The molecule has 6 nitrogen and oxygen atoms in total. The number of amides is 1. The van der Waals surface area contributed by atoms with Gasteiger partial charge in [-0.1, -0.05) is 109 Å². The summed E-state index contributed by atoms with van der Waals surface area (Å²) in [5, 5.41) is 12.4. The van der Waals surface area contributed by atoms with Crippen LogP contribution in [0.15, 0.2) is 109 Å². The number of rotatable bonds is 11. The summed E-state index contributed by atoms with van der Waals surface area (Å²) in [4.78, 5) is 13.8. The van der Waals surface area contributed by atoms with E-state index in [0.717, 1.165) is 48.3 Å². The maximum atomic E-state index is 11.3. The van der Waals surface area contributed by atoms with E-state index in [0.29, 0.717) is 6.54 Å². The summed E-state index contributed by atoms with van der Waals surface area (Å²) in [5.41, 5.74) is 6.43. The topological polar surface area (TPSA) is 71.0 Å². The second-order valence-electron chi connectivity index (χ2n) is 10.6. The van der Waals surface area contributed by atoms with Crippen molar-refractivity contribution in [1.29, 1.82) is 0 Å². The fraction of sp³-hybridized carbons (Fsp3) is 0.286. The Morgan fingerprint density at radius 3 is 1.88 bits per heavy atom. The number of benzene rings is 4. The first-order chi connectivity index (χ1) is 20.1. The number of hydrogen-bond acceptors (Lipinski definition) is 5. The summed E-state index contributed by atoms with van der Waals surface area (Å²) in [7, 11) is 0. The van der Waals surface area contributed by atoms with Gasteiger partial charge in [-0.15, -0.1) is 0 Å². The number of carbonyl (C=O) groups excluding carboxylic acids is 1. The number of nitrogens with one attached hydrogen (secondary N) is 1. The van der Waals surface area contributed by atoms with Crippen LogP contribution < -0.4 is 5.32 Å². The number of nitrogens with zero attached hydrogens (tertiary/aromatic N) is 1. The van der Waals surface area contributed by atoms with Crippen molar-refractivity contribution in [2.75, 3.05) is 6.54 Å². The Balaban J connectivity index is 1.38. The van der Waals surface area contributed by atoms with Gasteiger partial charge in [0.2, 0.25) is 5.91 Å². The van der Waals surface area contributed by atoms with Gasteiger partial charge in [-0.2, -0.15) is 0 Å². The number of hydrogen-bond donors (Lipinski definition) is 2. The molecule has 0 bridgehead atoms. The van der Waals surface area contributed by atoms with Crippen molar-refractivity contribution < 1.29 is 19.4 Å². The van der Waals surface area contributed by atoms with Gasteiger partial charge in [-0.05, 0) is 27.8 Å². The molecule has 0 aromatic heterocycles. The predicted octanol–water partition coefficient (Wildman–Crippen LogP) is 6.06. The van der Waals surface area contributed by atoms with Gasteiger partial charge < -0.3 is 19.9 Å². The van der Waals surface area contributed by atoms with Crippen LogP contribution in [0.25, 0.3) is 0 Å². The molecule has 4 aromatic carbocycles. The lowest BCUT2D eigenvalue weighted by atomic mass is 9.99. The highest BCUT2D eigenvalue weighted by Gasteiger charge is 2.33. The number of aliphatic hydroxyl groups is 1. The SMILES string of the molecule is CC(=O)NCc1ccc(C2OC(CN(Cc3ccccc3)Cc3ccccc3)CC(c3ccc(CO)cc3)O2)cc1. The summed E-state index contributed by atoms with van der Waals surface area (Å²) in [6.45, 7) is 4.39. The molecule has 5 rings (SSSR count). The summed E-state index contributed by atoms with van der Waals surface area (Å²) < 4.78 is 13.2. The molecule has 4 aromatic rings. The maximum Gasteiger partial charge on any atom is 0.217 e. The molecule has 0 aliphatic carbocycles. The molecular weight excluding hydrogens is 512 g/mol. The second kappa shape index (κ2) is 14.2. The van der Waals surface area contributed by atoms with Gasteiger partial charge in [0.05, 0.1) is 18.8 Å². The van der Waals surface area contributed by atoms with Gasteiger partial charge in [-0.25, -0.2) is 0 Å². The average molecular weight is 551 g/mol. The van der Waals surface area contributed by atoms with E-state index < -0.39 is 6.29 Å². The van der Waals surface area contributed by atoms with Gasteiger partial charge in [0.1, 0.15) is 0 Å². The zero-order valence-electron chi connectivity index (χ0n) is 23.5. The van der Waals surface area contributed by atoms with E-state index in [2.05, 4.69) is 58.7 Å². The Bertz CT molecular complexity index is 1320. The fourth-order valence-electron chi connectivity index (χ4n) is 5.21. The number of ether oxygens (including phenoxy) is 2. The van der Waals surface area contributed by atoms with Crippen LogP contribution in [0, 0.1) is 0 Å². The molecule has 1 fully saturated rings. The van der Waals surface area contributed by atoms with Crippen molar-refractivity contribution in [3.8, 4) is 0 Å². The molecule has 2 N–H and O–H groups in total. The molecule has 0 saturated carbocycles. The highest BCUT2D eigenvalue weighted by atomic mass is 16.7. The highest BCUT2D eigenvalue weighted by Crippen LogP contribution is 2.38. The lowest BCUT2D eigenvalue weighted by Crippen LogP contribution is -2.39. The summed E-state index contributed by atoms with van der Waals surface area (Å²) in [5.74, 6) is -0.0542. The first-order valence-electron chi connectivity index (χ1n) is 14.2. The lowest BCUT2D eigenvalue weighted by Gasteiger charge is -2.38. The Kier molecular flexibility index (Phi) is 9.94. The molecule has 41 heavy (non-hydrogen) atoms. The van der Waals surface area contributed by atoms with Crippen LogP contribution in [0.4, 0.5) is 0 Å². The Labute approximate surface area is 242 Å². The molecule has 1 heterocycles. The lowest BCUT2D eigenvalue weighted by molar-refractivity contribution is -0.253. The van der Waals surface area contributed by atoms with E-state index >= 15 is 0 Å². The normalized spacial score (nSPS) is 18.8. The second-order valence-corrected chi connectivity index (χ2v) is 10.6. The monoisotopic (exact) mass is 550 g/mol. The molecule has 3 unspecified atom stereocenters. The third-order valence-electron chi connectivity index (χ3n) is 7.37. The number of carbonyl (C=O) groups is 1. The van der Waals surface area contributed by atoms with Gasteiger partial charge in [0, 0.05) is 45.1 Å². The fourth-order valence-corrected chi connectivity index (χ4v) is 5.21. The first kappa shape index (κ1) is 28.7. The average Bonchev–Trinajstić information content (AvgIpc) is 3.01. The van der Waals surface area contributed by atoms with Crippen LogP contribution in [0.5, 0.6) is 0 Å².